The summed E-state index contributed by atoms with van der Waals surface area (Å²) in [6, 6.07) is 10.2. The van der Waals surface area contributed by atoms with Crippen LogP contribution in [-0.4, -0.2) is 19.1 Å². The summed E-state index contributed by atoms with van der Waals surface area (Å²) in [7, 11) is 0. The van der Waals surface area contributed by atoms with Crippen molar-refractivity contribution in [1.29, 1.82) is 5.26 Å². The third-order valence-corrected chi connectivity index (χ3v) is 6.69. The number of ether oxygens (including phenoxy) is 1. The van der Waals surface area contributed by atoms with Gasteiger partial charge in [0.2, 0.25) is 5.91 Å². The molecule has 0 aromatic heterocycles. The second-order valence-corrected chi connectivity index (χ2v) is 9.30. The number of carbonyl (C=O) groups excluding carboxylic acids is 1. The van der Waals surface area contributed by atoms with Crippen LogP contribution in [0.2, 0.25) is 0 Å². The molecule has 30 heavy (non-hydrogen) atoms. The maximum Gasteiger partial charge on any atom is 0.244 e. The molecule has 0 saturated heterocycles. The molecule has 0 bridgehead atoms. The Kier molecular flexibility index (Phi) is 9.21. The number of nitrogens with one attached hydrogen (secondary N) is 1. The number of hydrogen-bond donors (Lipinski definition) is 1. The molecule has 0 unspecified atom stereocenters. The van der Waals surface area contributed by atoms with E-state index in [4.69, 9.17) is 10.00 Å². The summed E-state index contributed by atoms with van der Waals surface area (Å²) in [6.07, 6.45) is 17.0. The molecular weight excluding hydrogens is 372 g/mol. The number of hydrogen-bond acceptors (Lipinski definition) is 3. The lowest BCUT2D eigenvalue weighted by atomic mass is 9.90. The van der Waals surface area contributed by atoms with E-state index in [9.17, 15) is 4.79 Å². The number of anilines is 1. The summed E-state index contributed by atoms with van der Waals surface area (Å²) in [5, 5.41) is 12.0. The Balaban J connectivity index is 1.17. The van der Waals surface area contributed by atoms with Crippen LogP contribution < -0.4 is 5.32 Å². The van der Waals surface area contributed by atoms with Crippen molar-refractivity contribution in [1.82, 2.24) is 0 Å². The Bertz CT molecular complexity index is 682. The summed E-state index contributed by atoms with van der Waals surface area (Å²) in [6.45, 7) is 1.93. The van der Waals surface area contributed by atoms with Gasteiger partial charge in [0.15, 0.2) is 0 Å². The molecule has 0 spiro atoms. The zero-order valence-electron chi connectivity index (χ0n) is 18.5. The average Bonchev–Trinajstić information content (AvgIpc) is 3.58. The van der Waals surface area contributed by atoms with Crippen molar-refractivity contribution in [3.05, 3.63) is 29.8 Å². The van der Waals surface area contributed by atoms with E-state index in [1.54, 1.807) is 0 Å². The molecule has 164 valence electrons. The average molecular weight is 411 g/mol. The van der Waals surface area contributed by atoms with Crippen LogP contribution in [0.4, 0.5) is 5.69 Å². The number of rotatable bonds is 13. The van der Waals surface area contributed by atoms with Crippen LogP contribution in [0.25, 0.3) is 0 Å². The zero-order valence-corrected chi connectivity index (χ0v) is 18.5. The fourth-order valence-electron chi connectivity index (χ4n) is 4.36. The summed E-state index contributed by atoms with van der Waals surface area (Å²) in [5.74, 6) is 0.675. The molecule has 0 atom stereocenters. The van der Waals surface area contributed by atoms with E-state index in [1.807, 2.05) is 12.1 Å². The Hall–Kier alpha value is -1.86. The number of nitrogens with zero attached hydrogens (tertiary/aromatic N) is 1. The van der Waals surface area contributed by atoms with Crippen LogP contribution in [0.5, 0.6) is 0 Å². The quantitative estimate of drug-likeness (QED) is 0.382. The predicted octanol–water partition coefficient (Wildman–Crippen LogP) is 6.41. The largest absolute Gasteiger partial charge is 0.381 e. The van der Waals surface area contributed by atoms with Crippen LogP contribution in [0, 0.1) is 22.7 Å². The van der Waals surface area contributed by atoms with E-state index in [1.165, 1.54) is 76.2 Å². The van der Waals surface area contributed by atoms with Crippen molar-refractivity contribution in [2.45, 2.75) is 89.9 Å². The second kappa shape index (κ2) is 12.1. The second-order valence-electron chi connectivity index (χ2n) is 9.30. The zero-order chi connectivity index (χ0) is 21.1. The Morgan fingerprint density at radius 1 is 1.00 bits per heavy atom. The van der Waals surface area contributed by atoms with Crippen molar-refractivity contribution in [3.63, 3.8) is 0 Å². The van der Waals surface area contributed by atoms with E-state index in [2.05, 4.69) is 23.5 Å². The normalized spacial score (nSPS) is 18.0. The number of unbranched alkanes of at least 4 members (excludes halogenated alkanes) is 5. The molecule has 4 heteroatoms. The molecule has 2 aliphatic rings. The van der Waals surface area contributed by atoms with Gasteiger partial charge in [0.05, 0.1) is 6.07 Å². The first-order chi connectivity index (χ1) is 14.7. The standard InChI is InChI=1S/C26H38N2O2/c27-21-26(17-18-26)25(29)28-24-15-13-22(14-16-24)10-6-3-1-2-4-9-19-30-20-23-11-7-5-8-12-23/h13-16,23H,1-12,17-20H2,(H,28,29). The maximum absolute atomic E-state index is 12.1. The third kappa shape index (κ3) is 7.43. The van der Waals surface area contributed by atoms with Crippen LogP contribution in [-0.2, 0) is 16.0 Å². The number of benzene rings is 1. The van der Waals surface area contributed by atoms with Crippen molar-refractivity contribution in [2.75, 3.05) is 18.5 Å². The highest BCUT2D eigenvalue weighted by atomic mass is 16.5. The Morgan fingerprint density at radius 3 is 2.33 bits per heavy atom. The van der Waals surface area contributed by atoms with E-state index < -0.39 is 5.41 Å². The van der Waals surface area contributed by atoms with E-state index in [-0.39, 0.29) is 5.91 Å². The smallest absolute Gasteiger partial charge is 0.244 e. The highest BCUT2D eigenvalue weighted by Gasteiger charge is 2.50. The molecule has 0 aliphatic heterocycles. The van der Waals surface area contributed by atoms with Gasteiger partial charge < -0.3 is 10.1 Å². The molecule has 2 fully saturated rings. The summed E-state index contributed by atoms with van der Waals surface area (Å²) >= 11 is 0. The van der Waals surface area contributed by atoms with Crippen molar-refractivity contribution < 1.29 is 9.53 Å². The lowest BCUT2D eigenvalue weighted by molar-refractivity contribution is -0.119. The molecule has 0 heterocycles. The lowest BCUT2D eigenvalue weighted by Gasteiger charge is -2.21. The van der Waals surface area contributed by atoms with Crippen molar-refractivity contribution in [2.24, 2.45) is 11.3 Å². The topological polar surface area (TPSA) is 62.1 Å². The molecule has 4 nitrogen and oxygen atoms in total. The van der Waals surface area contributed by atoms with Gasteiger partial charge >= 0.3 is 0 Å². The van der Waals surface area contributed by atoms with Crippen LogP contribution in [0.1, 0.15) is 89.0 Å². The minimum absolute atomic E-state index is 0.155. The van der Waals surface area contributed by atoms with Gasteiger partial charge in [-0.25, -0.2) is 0 Å². The molecule has 0 radical (unpaired) electrons. The first kappa shape index (κ1) is 22.8. The first-order valence-electron chi connectivity index (χ1n) is 12.1. The number of amides is 1. The summed E-state index contributed by atoms with van der Waals surface area (Å²) in [4.78, 5) is 12.1. The van der Waals surface area contributed by atoms with Crippen LogP contribution in [0.15, 0.2) is 24.3 Å². The van der Waals surface area contributed by atoms with Gasteiger partial charge in [-0.2, -0.15) is 5.26 Å². The minimum Gasteiger partial charge on any atom is -0.381 e. The minimum atomic E-state index is -0.764. The molecule has 1 aromatic rings. The van der Waals surface area contributed by atoms with Gasteiger partial charge in [0.1, 0.15) is 5.41 Å². The number of carbonyl (C=O) groups is 1. The monoisotopic (exact) mass is 410 g/mol. The van der Waals surface area contributed by atoms with Gasteiger partial charge in [-0.1, -0.05) is 57.1 Å². The molecule has 1 amide bonds. The summed E-state index contributed by atoms with van der Waals surface area (Å²) < 4.78 is 5.88. The maximum atomic E-state index is 12.1. The summed E-state index contributed by atoms with van der Waals surface area (Å²) in [5.41, 5.74) is 1.33. The molecule has 2 saturated carbocycles. The van der Waals surface area contributed by atoms with Crippen molar-refractivity contribution in [3.8, 4) is 6.07 Å². The van der Waals surface area contributed by atoms with Gasteiger partial charge in [-0.3, -0.25) is 4.79 Å². The molecule has 1 aromatic carbocycles. The molecule has 2 aliphatic carbocycles. The van der Waals surface area contributed by atoms with Crippen LogP contribution >= 0.6 is 0 Å². The predicted molar refractivity (Wildman–Crippen MR) is 121 cm³/mol. The van der Waals surface area contributed by atoms with Gasteiger partial charge in [-0.05, 0) is 68.6 Å². The van der Waals surface area contributed by atoms with Crippen molar-refractivity contribution >= 4 is 11.6 Å². The third-order valence-electron chi connectivity index (χ3n) is 6.69. The molecule has 1 N–H and O–H groups in total. The van der Waals surface area contributed by atoms with Gasteiger partial charge in [0, 0.05) is 18.9 Å². The van der Waals surface area contributed by atoms with E-state index in [0.29, 0.717) is 12.8 Å². The van der Waals surface area contributed by atoms with Gasteiger partial charge in [0.25, 0.3) is 0 Å². The van der Waals surface area contributed by atoms with E-state index in [0.717, 1.165) is 31.2 Å². The molecule has 3 rings (SSSR count). The first-order valence-corrected chi connectivity index (χ1v) is 12.1. The number of aryl methyl sites for hydroxylation is 1. The Morgan fingerprint density at radius 2 is 1.67 bits per heavy atom. The SMILES string of the molecule is N#CC1(C(=O)Nc2ccc(CCCCCCCCOCC3CCCCC3)cc2)CC1. The number of nitriles is 1. The van der Waals surface area contributed by atoms with Crippen LogP contribution in [0.3, 0.4) is 0 Å². The fourth-order valence-corrected chi connectivity index (χ4v) is 4.36. The molecular formula is C26H38N2O2. The van der Waals surface area contributed by atoms with Gasteiger partial charge in [-0.15, -0.1) is 0 Å². The highest BCUT2D eigenvalue weighted by molar-refractivity contribution is 5.99. The lowest BCUT2D eigenvalue weighted by Crippen LogP contribution is -2.22. The van der Waals surface area contributed by atoms with E-state index >= 15 is 0 Å². The fraction of sp³-hybridized carbons (Fsp3) is 0.692. The highest BCUT2D eigenvalue weighted by Crippen LogP contribution is 2.45. The Labute approximate surface area is 182 Å².